The van der Waals surface area contributed by atoms with E-state index in [1.54, 1.807) is 0 Å². The number of rotatable bonds is 54. The van der Waals surface area contributed by atoms with Crippen LogP contribution < -0.4 is 5.32 Å². The van der Waals surface area contributed by atoms with Gasteiger partial charge in [-0.15, -0.1) is 0 Å². The van der Waals surface area contributed by atoms with Gasteiger partial charge in [-0.2, -0.15) is 0 Å². The fourth-order valence-electron chi connectivity index (χ4n) is 9.11. The molecular weight excluding hydrogens is 791 g/mol. The van der Waals surface area contributed by atoms with E-state index in [2.05, 4.69) is 31.3 Å². The molecule has 0 aromatic carbocycles. The van der Waals surface area contributed by atoms with Crippen LogP contribution in [0.1, 0.15) is 322 Å². The quantitative estimate of drug-likeness (QED) is 0.0321. The number of unbranched alkanes of at least 4 members (excludes halogenated alkanes) is 41. The molecule has 6 heteroatoms. The minimum absolute atomic E-state index is 0.00324. The monoisotopic (exact) mass is 904 g/mol. The molecule has 0 saturated carbocycles. The van der Waals surface area contributed by atoms with Crippen LogP contribution in [0.2, 0.25) is 0 Å². The number of aliphatic hydroxyl groups is 2. The molecule has 0 saturated heterocycles. The molecule has 0 heterocycles. The van der Waals surface area contributed by atoms with Crippen molar-refractivity contribution in [3.8, 4) is 0 Å². The zero-order valence-electron chi connectivity index (χ0n) is 43.3. The van der Waals surface area contributed by atoms with Crippen molar-refractivity contribution in [1.29, 1.82) is 0 Å². The minimum atomic E-state index is -0.672. The summed E-state index contributed by atoms with van der Waals surface area (Å²) in [5.74, 6) is -0.0433. The standard InChI is InChI=1S/C58H113NO5/c1-3-5-7-9-11-13-15-16-17-18-21-24-27-31-34-38-42-46-50-56(61)55(54-60)59-57(62)51-47-43-39-35-32-28-25-22-19-20-23-26-29-33-37-41-45-49-53-64-58(63)52-48-44-40-36-30-14-12-10-8-6-4-2/h22,25,55-56,60-61H,3-21,23-24,26-54H2,1-2H3,(H,59,62)/b25-22-. The summed E-state index contributed by atoms with van der Waals surface area (Å²) >= 11 is 0. The molecule has 0 radical (unpaired) electrons. The number of aliphatic hydroxyl groups excluding tert-OH is 2. The van der Waals surface area contributed by atoms with Gasteiger partial charge in [-0.25, -0.2) is 0 Å². The first-order chi connectivity index (χ1) is 31.5. The van der Waals surface area contributed by atoms with Gasteiger partial charge in [-0.05, 0) is 51.4 Å². The van der Waals surface area contributed by atoms with E-state index in [1.807, 2.05) is 0 Å². The Morgan fingerprint density at radius 1 is 0.422 bits per heavy atom. The van der Waals surface area contributed by atoms with E-state index in [0.717, 1.165) is 57.8 Å². The number of amides is 1. The Morgan fingerprint density at radius 3 is 1.11 bits per heavy atom. The Hall–Kier alpha value is -1.40. The van der Waals surface area contributed by atoms with Crippen molar-refractivity contribution in [3.05, 3.63) is 12.2 Å². The lowest BCUT2D eigenvalue weighted by Gasteiger charge is -2.22. The first kappa shape index (κ1) is 62.6. The summed E-state index contributed by atoms with van der Waals surface area (Å²) in [6, 6.07) is -0.551. The molecule has 6 nitrogen and oxygen atoms in total. The maximum atomic E-state index is 12.5. The van der Waals surface area contributed by atoms with Crippen LogP contribution in [-0.4, -0.2) is 47.4 Å². The van der Waals surface area contributed by atoms with E-state index < -0.39 is 12.1 Å². The summed E-state index contributed by atoms with van der Waals surface area (Å²) in [6.07, 6.45) is 63.4. The van der Waals surface area contributed by atoms with Crippen LogP contribution >= 0.6 is 0 Å². The van der Waals surface area contributed by atoms with Crippen molar-refractivity contribution in [1.82, 2.24) is 5.32 Å². The number of carbonyl (C=O) groups excluding carboxylic acids is 2. The molecule has 0 fully saturated rings. The van der Waals surface area contributed by atoms with E-state index in [-0.39, 0.29) is 18.5 Å². The highest BCUT2D eigenvalue weighted by Crippen LogP contribution is 2.17. The molecule has 2 unspecified atom stereocenters. The van der Waals surface area contributed by atoms with Crippen LogP contribution in [0.4, 0.5) is 0 Å². The largest absolute Gasteiger partial charge is 0.466 e. The predicted molar refractivity (Wildman–Crippen MR) is 278 cm³/mol. The third kappa shape index (κ3) is 50.0. The number of esters is 1. The molecule has 0 spiro atoms. The second-order valence-corrected chi connectivity index (χ2v) is 20.0. The molecule has 0 aliphatic rings. The fourth-order valence-corrected chi connectivity index (χ4v) is 9.11. The fraction of sp³-hybridized carbons (Fsp3) is 0.931. The summed E-state index contributed by atoms with van der Waals surface area (Å²) < 4.78 is 5.46. The normalized spacial score (nSPS) is 12.6. The number of allylic oxidation sites excluding steroid dienone is 2. The smallest absolute Gasteiger partial charge is 0.305 e. The summed E-state index contributed by atoms with van der Waals surface area (Å²) in [7, 11) is 0. The Labute approximate surface area is 399 Å². The average molecular weight is 905 g/mol. The molecule has 64 heavy (non-hydrogen) atoms. The zero-order chi connectivity index (χ0) is 46.5. The lowest BCUT2D eigenvalue weighted by molar-refractivity contribution is -0.143. The lowest BCUT2D eigenvalue weighted by atomic mass is 10.0. The average Bonchev–Trinajstić information content (AvgIpc) is 3.29. The second-order valence-electron chi connectivity index (χ2n) is 20.0. The molecule has 0 aliphatic carbocycles. The third-order valence-electron chi connectivity index (χ3n) is 13.6. The lowest BCUT2D eigenvalue weighted by Crippen LogP contribution is -2.45. The molecule has 1 amide bonds. The Morgan fingerprint density at radius 2 is 0.734 bits per heavy atom. The number of nitrogens with one attached hydrogen (secondary N) is 1. The van der Waals surface area contributed by atoms with Gasteiger partial charge in [0.2, 0.25) is 5.91 Å². The van der Waals surface area contributed by atoms with Crippen LogP contribution in [-0.2, 0) is 14.3 Å². The van der Waals surface area contributed by atoms with Crippen molar-refractivity contribution in [2.45, 2.75) is 334 Å². The highest BCUT2D eigenvalue weighted by Gasteiger charge is 2.20. The van der Waals surface area contributed by atoms with E-state index >= 15 is 0 Å². The van der Waals surface area contributed by atoms with Crippen LogP contribution in [0, 0.1) is 0 Å². The SMILES string of the molecule is CCCCCCCCCCCCCCCCCCCCC(O)C(CO)NC(=O)CCCCCCC/C=C\CCCCCCCCCCCOC(=O)CCCCCCCCCCCCC. The van der Waals surface area contributed by atoms with E-state index in [0.29, 0.717) is 25.9 Å². The minimum Gasteiger partial charge on any atom is -0.466 e. The molecule has 0 rings (SSSR count). The van der Waals surface area contributed by atoms with Crippen molar-refractivity contribution in [2.24, 2.45) is 0 Å². The number of carbonyl (C=O) groups is 2. The number of hydrogen-bond donors (Lipinski definition) is 3. The molecule has 0 aliphatic heterocycles. The van der Waals surface area contributed by atoms with Crippen LogP contribution in [0.3, 0.4) is 0 Å². The Kier molecular flexibility index (Phi) is 53.0. The van der Waals surface area contributed by atoms with Gasteiger partial charge >= 0.3 is 5.97 Å². The highest BCUT2D eigenvalue weighted by molar-refractivity contribution is 5.76. The van der Waals surface area contributed by atoms with Gasteiger partial charge in [0.15, 0.2) is 0 Å². The van der Waals surface area contributed by atoms with Crippen LogP contribution in [0.5, 0.6) is 0 Å². The molecule has 0 aromatic heterocycles. The summed E-state index contributed by atoms with van der Waals surface area (Å²) in [5.41, 5.74) is 0. The van der Waals surface area contributed by atoms with Crippen LogP contribution in [0.15, 0.2) is 12.2 Å². The van der Waals surface area contributed by atoms with Gasteiger partial charge in [0, 0.05) is 12.8 Å². The molecule has 0 aromatic rings. The van der Waals surface area contributed by atoms with Gasteiger partial charge in [0.05, 0.1) is 25.4 Å². The Balaban J connectivity index is 3.45. The molecule has 3 N–H and O–H groups in total. The van der Waals surface area contributed by atoms with Gasteiger partial charge in [-0.3, -0.25) is 9.59 Å². The van der Waals surface area contributed by atoms with Crippen molar-refractivity contribution >= 4 is 11.9 Å². The van der Waals surface area contributed by atoms with E-state index in [1.165, 1.54) is 231 Å². The van der Waals surface area contributed by atoms with Crippen molar-refractivity contribution in [2.75, 3.05) is 13.2 Å². The number of hydrogen-bond acceptors (Lipinski definition) is 5. The van der Waals surface area contributed by atoms with Gasteiger partial charge in [-0.1, -0.05) is 270 Å². The third-order valence-corrected chi connectivity index (χ3v) is 13.6. The van der Waals surface area contributed by atoms with E-state index in [9.17, 15) is 19.8 Å². The highest BCUT2D eigenvalue weighted by atomic mass is 16.5. The molecular formula is C58H113NO5. The van der Waals surface area contributed by atoms with Gasteiger partial charge < -0.3 is 20.3 Å². The molecule has 0 bridgehead atoms. The topological polar surface area (TPSA) is 95.9 Å². The molecule has 2 atom stereocenters. The number of ether oxygens (including phenoxy) is 1. The van der Waals surface area contributed by atoms with Crippen molar-refractivity contribution < 1.29 is 24.5 Å². The van der Waals surface area contributed by atoms with E-state index in [4.69, 9.17) is 4.74 Å². The van der Waals surface area contributed by atoms with Crippen molar-refractivity contribution in [3.63, 3.8) is 0 Å². The predicted octanol–water partition coefficient (Wildman–Crippen LogP) is 17.7. The summed E-state index contributed by atoms with van der Waals surface area (Å²) in [4.78, 5) is 24.5. The summed E-state index contributed by atoms with van der Waals surface area (Å²) in [6.45, 7) is 4.95. The second kappa shape index (κ2) is 54.2. The maximum absolute atomic E-state index is 12.5. The van der Waals surface area contributed by atoms with Gasteiger partial charge in [0.1, 0.15) is 0 Å². The first-order valence-corrected chi connectivity index (χ1v) is 28.9. The van der Waals surface area contributed by atoms with Crippen LogP contribution in [0.25, 0.3) is 0 Å². The molecule has 380 valence electrons. The summed E-state index contributed by atoms with van der Waals surface area (Å²) in [5, 5.41) is 23.3. The zero-order valence-corrected chi connectivity index (χ0v) is 43.3. The Bertz CT molecular complexity index is 955. The maximum Gasteiger partial charge on any atom is 0.305 e. The first-order valence-electron chi connectivity index (χ1n) is 28.9. The van der Waals surface area contributed by atoms with Gasteiger partial charge in [0.25, 0.3) is 0 Å².